The summed E-state index contributed by atoms with van der Waals surface area (Å²) in [6.07, 6.45) is 0. The molecule has 0 aliphatic heterocycles. The third-order valence-corrected chi connectivity index (χ3v) is 3.64. The lowest BCUT2D eigenvalue weighted by molar-refractivity contribution is 0.184. The van der Waals surface area contributed by atoms with Crippen LogP contribution in [0.1, 0.15) is 29.7 Å². The van der Waals surface area contributed by atoms with Crippen molar-refractivity contribution >= 4 is 11.6 Å². The van der Waals surface area contributed by atoms with Gasteiger partial charge in [0, 0.05) is 24.7 Å². The average molecular weight is 290 g/mol. The van der Waals surface area contributed by atoms with Gasteiger partial charge in [0.05, 0.1) is 6.61 Å². The molecule has 0 saturated heterocycles. The molecule has 2 nitrogen and oxygen atoms in total. The predicted octanol–water partition coefficient (Wildman–Crippen LogP) is 4.34. The summed E-state index contributed by atoms with van der Waals surface area (Å²) in [5.41, 5.74) is 3.74. The maximum atomic E-state index is 5.91. The lowest BCUT2D eigenvalue weighted by atomic mass is 10.1. The van der Waals surface area contributed by atoms with E-state index in [0.717, 1.165) is 11.6 Å². The van der Waals surface area contributed by atoms with Crippen LogP contribution >= 0.6 is 11.6 Å². The first-order valence-corrected chi connectivity index (χ1v) is 7.13. The Balaban J connectivity index is 1.99. The third-order valence-electron chi connectivity index (χ3n) is 3.39. The molecule has 0 aliphatic rings. The summed E-state index contributed by atoms with van der Waals surface area (Å²) in [5, 5.41) is 4.30. The van der Waals surface area contributed by atoms with Crippen LogP contribution in [0, 0.1) is 0 Å². The Morgan fingerprint density at radius 3 is 2.35 bits per heavy atom. The van der Waals surface area contributed by atoms with Crippen LogP contribution in [0.25, 0.3) is 0 Å². The van der Waals surface area contributed by atoms with E-state index in [9.17, 15) is 0 Å². The smallest absolute Gasteiger partial charge is 0.0716 e. The maximum Gasteiger partial charge on any atom is 0.0716 e. The first kappa shape index (κ1) is 15.0. The minimum atomic E-state index is 0.280. The number of methoxy groups -OCH3 is 1. The lowest BCUT2D eigenvalue weighted by Crippen LogP contribution is -2.19. The zero-order valence-electron chi connectivity index (χ0n) is 11.9. The normalized spacial score (nSPS) is 12.3. The second kappa shape index (κ2) is 7.44. The van der Waals surface area contributed by atoms with E-state index in [1.54, 1.807) is 7.11 Å². The number of rotatable bonds is 6. The Bertz CT molecular complexity index is 539. The van der Waals surface area contributed by atoms with E-state index >= 15 is 0 Å². The fraction of sp³-hybridized carbons (Fsp3) is 0.294. The molecule has 0 bridgehead atoms. The van der Waals surface area contributed by atoms with E-state index in [1.807, 2.05) is 18.2 Å². The molecule has 0 radical (unpaired) electrons. The number of hydrogen-bond acceptors (Lipinski definition) is 2. The van der Waals surface area contributed by atoms with Crippen LogP contribution in [-0.2, 0) is 17.9 Å². The molecule has 2 rings (SSSR count). The van der Waals surface area contributed by atoms with Crippen molar-refractivity contribution in [2.45, 2.75) is 26.1 Å². The van der Waals surface area contributed by atoms with Crippen LogP contribution in [0.4, 0.5) is 0 Å². The summed E-state index contributed by atoms with van der Waals surface area (Å²) in [6.45, 7) is 3.62. The van der Waals surface area contributed by atoms with Crippen molar-refractivity contribution in [3.8, 4) is 0 Å². The van der Waals surface area contributed by atoms with Gasteiger partial charge in [-0.15, -0.1) is 0 Å². The summed E-state index contributed by atoms with van der Waals surface area (Å²) in [4.78, 5) is 0. The first-order valence-electron chi connectivity index (χ1n) is 6.75. The monoisotopic (exact) mass is 289 g/mol. The molecule has 20 heavy (non-hydrogen) atoms. The Morgan fingerprint density at radius 2 is 1.70 bits per heavy atom. The van der Waals surface area contributed by atoms with E-state index in [4.69, 9.17) is 16.3 Å². The molecule has 0 heterocycles. The van der Waals surface area contributed by atoms with E-state index in [0.29, 0.717) is 6.61 Å². The largest absolute Gasteiger partial charge is 0.380 e. The van der Waals surface area contributed by atoms with Crippen molar-refractivity contribution < 1.29 is 4.74 Å². The minimum absolute atomic E-state index is 0.280. The molecule has 106 valence electrons. The number of halogens is 1. The highest BCUT2D eigenvalue weighted by Crippen LogP contribution is 2.17. The summed E-state index contributed by atoms with van der Waals surface area (Å²) < 4.78 is 5.23. The summed E-state index contributed by atoms with van der Waals surface area (Å²) >= 11 is 5.91. The molecule has 0 aromatic heterocycles. The highest BCUT2D eigenvalue weighted by Gasteiger charge is 2.06. The molecule has 2 aromatic rings. The molecule has 0 saturated carbocycles. The van der Waals surface area contributed by atoms with E-state index in [1.165, 1.54) is 16.7 Å². The van der Waals surface area contributed by atoms with Gasteiger partial charge in [0.2, 0.25) is 0 Å². The van der Waals surface area contributed by atoms with Gasteiger partial charge in [-0.05, 0) is 35.7 Å². The van der Waals surface area contributed by atoms with E-state index in [2.05, 4.69) is 42.6 Å². The highest BCUT2D eigenvalue weighted by molar-refractivity contribution is 6.30. The van der Waals surface area contributed by atoms with Crippen molar-refractivity contribution in [1.82, 2.24) is 5.32 Å². The van der Waals surface area contributed by atoms with Gasteiger partial charge in [-0.3, -0.25) is 0 Å². The lowest BCUT2D eigenvalue weighted by Gasteiger charge is -2.16. The molecule has 0 unspecified atom stereocenters. The molecule has 0 aliphatic carbocycles. The molecule has 0 spiro atoms. The van der Waals surface area contributed by atoms with Gasteiger partial charge in [0.1, 0.15) is 0 Å². The van der Waals surface area contributed by atoms with Crippen LogP contribution in [0.15, 0.2) is 48.5 Å². The quantitative estimate of drug-likeness (QED) is 0.854. The van der Waals surface area contributed by atoms with E-state index < -0.39 is 0 Å². The highest BCUT2D eigenvalue weighted by atomic mass is 35.5. The summed E-state index contributed by atoms with van der Waals surface area (Å²) in [5.74, 6) is 0. The zero-order valence-corrected chi connectivity index (χ0v) is 12.7. The number of nitrogens with one attached hydrogen (secondary N) is 1. The van der Waals surface area contributed by atoms with Crippen molar-refractivity contribution in [3.63, 3.8) is 0 Å². The van der Waals surface area contributed by atoms with Gasteiger partial charge < -0.3 is 10.1 Å². The molecule has 1 N–H and O–H groups in total. The van der Waals surface area contributed by atoms with Crippen LogP contribution in [0.3, 0.4) is 0 Å². The molecular formula is C17H20ClNO. The predicted molar refractivity (Wildman–Crippen MR) is 83.9 cm³/mol. The van der Waals surface area contributed by atoms with Gasteiger partial charge in [-0.2, -0.15) is 0 Å². The molecule has 1 atom stereocenters. The van der Waals surface area contributed by atoms with Gasteiger partial charge in [0.15, 0.2) is 0 Å². The molecule has 0 fully saturated rings. The van der Waals surface area contributed by atoms with E-state index in [-0.39, 0.29) is 6.04 Å². The first-order chi connectivity index (χ1) is 9.70. The SMILES string of the molecule is COCc1ccccc1CN[C@@H](C)c1ccc(Cl)cc1. The molecule has 3 heteroatoms. The number of hydrogen-bond donors (Lipinski definition) is 1. The zero-order chi connectivity index (χ0) is 14.4. The van der Waals surface area contributed by atoms with Crippen LogP contribution in [-0.4, -0.2) is 7.11 Å². The third kappa shape index (κ3) is 4.07. The molecular weight excluding hydrogens is 270 g/mol. The second-order valence-electron chi connectivity index (χ2n) is 4.86. The maximum absolute atomic E-state index is 5.91. The fourth-order valence-corrected chi connectivity index (χ4v) is 2.28. The topological polar surface area (TPSA) is 21.3 Å². The number of ether oxygens (including phenoxy) is 1. The molecule has 0 amide bonds. The van der Waals surface area contributed by atoms with Crippen molar-refractivity contribution in [2.75, 3.05) is 7.11 Å². The Morgan fingerprint density at radius 1 is 1.05 bits per heavy atom. The fourth-order valence-electron chi connectivity index (χ4n) is 2.16. The van der Waals surface area contributed by atoms with Crippen LogP contribution in [0.2, 0.25) is 5.02 Å². The van der Waals surface area contributed by atoms with Gasteiger partial charge in [-0.25, -0.2) is 0 Å². The van der Waals surface area contributed by atoms with Crippen LogP contribution in [0.5, 0.6) is 0 Å². The summed E-state index contributed by atoms with van der Waals surface area (Å²) in [7, 11) is 1.72. The van der Waals surface area contributed by atoms with Crippen LogP contribution < -0.4 is 5.32 Å². The van der Waals surface area contributed by atoms with Gasteiger partial charge in [-0.1, -0.05) is 48.0 Å². The van der Waals surface area contributed by atoms with Crippen molar-refractivity contribution in [2.24, 2.45) is 0 Å². The average Bonchev–Trinajstić information content (AvgIpc) is 2.47. The molecule has 2 aromatic carbocycles. The standard InChI is InChI=1S/C17H20ClNO/c1-13(14-7-9-17(18)10-8-14)19-11-15-5-3-4-6-16(15)12-20-2/h3-10,13,19H,11-12H2,1-2H3/t13-/m0/s1. The van der Waals surface area contributed by atoms with Crippen molar-refractivity contribution in [1.29, 1.82) is 0 Å². The summed E-state index contributed by atoms with van der Waals surface area (Å²) in [6, 6.07) is 16.6. The second-order valence-corrected chi connectivity index (χ2v) is 5.29. The minimum Gasteiger partial charge on any atom is -0.380 e. The van der Waals surface area contributed by atoms with Gasteiger partial charge in [0.25, 0.3) is 0 Å². The Kier molecular flexibility index (Phi) is 5.60. The Labute approximate surface area is 125 Å². The van der Waals surface area contributed by atoms with Crippen molar-refractivity contribution in [3.05, 3.63) is 70.2 Å². The van der Waals surface area contributed by atoms with Gasteiger partial charge >= 0.3 is 0 Å². The Hall–Kier alpha value is -1.35. The number of benzene rings is 2.